The molecule has 120 valence electrons. The van der Waals surface area contributed by atoms with Gasteiger partial charge in [-0.3, -0.25) is 4.79 Å². The maximum absolute atomic E-state index is 10.3. The minimum absolute atomic E-state index is 0.293. The van der Waals surface area contributed by atoms with Crippen LogP contribution >= 0.6 is 0 Å². The van der Waals surface area contributed by atoms with Crippen molar-refractivity contribution in [3.8, 4) is 0 Å². The van der Waals surface area contributed by atoms with Crippen LogP contribution in [0.1, 0.15) is 90.4 Å². The number of unbranched alkanes of at least 4 members (excludes halogenated alkanes) is 8. The highest BCUT2D eigenvalue weighted by Gasteiger charge is 2.20. The Kier molecular flexibility index (Phi) is 11.8. The second-order valence-corrected chi connectivity index (χ2v) is 5.81. The third kappa shape index (κ3) is 13.8. The molecule has 0 spiro atoms. The molecule has 4 nitrogen and oxygen atoms in total. The van der Waals surface area contributed by atoms with Gasteiger partial charge < -0.3 is 15.3 Å². The molecule has 0 unspecified atom stereocenters. The lowest BCUT2D eigenvalue weighted by Crippen LogP contribution is -2.27. The molecule has 0 aliphatic carbocycles. The smallest absolute Gasteiger partial charge is 0.303 e. The van der Waals surface area contributed by atoms with Crippen LogP contribution in [0.4, 0.5) is 0 Å². The lowest BCUT2D eigenvalue weighted by molar-refractivity contribution is -0.171. The highest BCUT2D eigenvalue weighted by atomic mass is 16.5. The Morgan fingerprint density at radius 1 is 0.800 bits per heavy atom. The molecular weight excluding hydrogens is 256 g/mol. The summed E-state index contributed by atoms with van der Waals surface area (Å²) in [7, 11) is 0. The van der Waals surface area contributed by atoms with E-state index < -0.39 is 11.8 Å². The molecular formula is C16H32O4. The predicted octanol–water partition coefficient (Wildman–Crippen LogP) is 3.84. The molecule has 4 heteroatoms. The third-order valence-electron chi connectivity index (χ3n) is 3.62. The topological polar surface area (TPSA) is 77.8 Å². The van der Waals surface area contributed by atoms with Crippen LogP contribution < -0.4 is 0 Å². The van der Waals surface area contributed by atoms with Gasteiger partial charge in [-0.05, 0) is 12.8 Å². The standard InChI is InChI=1S/C16H32O4/c1-2-13-16(19,20)14-11-9-7-5-3-4-6-8-10-12-15(17)18/h19-20H,2-14H2,1H3,(H,17,18). The van der Waals surface area contributed by atoms with Gasteiger partial charge in [0.25, 0.3) is 0 Å². The first kappa shape index (κ1) is 19.4. The summed E-state index contributed by atoms with van der Waals surface area (Å²) >= 11 is 0. The Labute approximate surface area is 123 Å². The van der Waals surface area contributed by atoms with Crippen LogP contribution in [0, 0.1) is 0 Å². The molecule has 0 aromatic heterocycles. The van der Waals surface area contributed by atoms with E-state index in [4.69, 9.17) is 5.11 Å². The Morgan fingerprint density at radius 2 is 1.25 bits per heavy atom. The summed E-state index contributed by atoms with van der Waals surface area (Å²) in [6, 6.07) is 0. The Hall–Kier alpha value is -0.610. The number of aliphatic carboxylic acids is 1. The van der Waals surface area contributed by atoms with Gasteiger partial charge in [-0.15, -0.1) is 0 Å². The Morgan fingerprint density at radius 3 is 1.70 bits per heavy atom. The van der Waals surface area contributed by atoms with Crippen molar-refractivity contribution in [1.29, 1.82) is 0 Å². The fraction of sp³-hybridized carbons (Fsp3) is 0.938. The van der Waals surface area contributed by atoms with Gasteiger partial charge in [-0.2, -0.15) is 0 Å². The van der Waals surface area contributed by atoms with Crippen LogP contribution in [-0.2, 0) is 4.79 Å². The number of aliphatic hydroxyl groups is 2. The van der Waals surface area contributed by atoms with Crippen molar-refractivity contribution in [3.63, 3.8) is 0 Å². The van der Waals surface area contributed by atoms with Gasteiger partial charge in [0.15, 0.2) is 5.79 Å². The molecule has 0 rings (SSSR count). The fourth-order valence-corrected chi connectivity index (χ4v) is 2.45. The molecule has 0 heterocycles. The molecule has 0 radical (unpaired) electrons. The second kappa shape index (κ2) is 12.2. The van der Waals surface area contributed by atoms with Gasteiger partial charge in [0.1, 0.15) is 0 Å². The number of carbonyl (C=O) groups is 1. The SMILES string of the molecule is CCCC(O)(O)CCCCCCCCCCCC(=O)O. The molecule has 20 heavy (non-hydrogen) atoms. The van der Waals surface area contributed by atoms with Crippen molar-refractivity contribution >= 4 is 5.97 Å². The van der Waals surface area contributed by atoms with E-state index in [1.807, 2.05) is 6.92 Å². The highest BCUT2D eigenvalue weighted by Crippen LogP contribution is 2.18. The zero-order valence-electron chi connectivity index (χ0n) is 12.9. The minimum atomic E-state index is -1.46. The third-order valence-corrected chi connectivity index (χ3v) is 3.62. The van der Waals surface area contributed by atoms with Gasteiger partial charge in [0.2, 0.25) is 0 Å². The van der Waals surface area contributed by atoms with E-state index in [1.165, 1.54) is 19.3 Å². The summed E-state index contributed by atoms with van der Waals surface area (Å²) in [4.78, 5) is 10.3. The van der Waals surface area contributed by atoms with Crippen molar-refractivity contribution in [2.24, 2.45) is 0 Å². The van der Waals surface area contributed by atoms with Crippen molar-refractivity contribution in [3.05, 3.63) is 0 Å². The lowest BCUT2D eigenvalue weighted by Gasteiger charge is -2.20. The molecule has 3 N–H and O–H groups in total. The second-order valence-electron chi connectivity index (χ2n) is 5.81. The van der Waals surface area contributed by atoms with Crippen molar-refractivity contribution < 1.29 is 20.1 Å². The van der Waals surface area contributed by atoms with E-state index in [0.29, 0.717) is 19.3 Å². The molecule has 0 aliphatic rings. The van der Waals surface area contributed by atoms with Crippen LogP contribution in [0.15, 0.2) is 0 Å². The Balaban J connectivity index is 3.19. The summed E-state index contributed by atoms with van der Waals surface area (Å²) in [5, 5.41) is 27.7. The monoisotopic (exact) mass is 288 g/mol. The average molecular weight is 288 g/mol. The summed E-state index contributed by atoms with van der Waals surface area (Å²) in [6.07, 6.45) is 11.6. The van der Waals surface area contributed by atoms with Gasteiger partial charge in [0.05, 0.1) is 0 Å². The molecule has 0 aromatic rings. The lowest BCUT2D eigenvalue weighted by atomic mass is 10.0. The van der Waals surface area contributed by atoms with Crippen molar-refractivity contribution in [1.82, 2.24) is 0 Å². The number of rotatable bonds is 14. The van der Waals surface area contributed by atoms with Crippen molar-refractivity contribution in [2.75, 3.05) is 0 Å². The summed E-state index contributed by atoms with van der Waals surface area (Å²) < 4.78 is 0. The molecule has 0 bridgehead atoms. The normalized spacial score (nSPS) is 11.8. The van der Waals surface area contributed by atoms with E-state index in [2.05, 4.69) is 0 Å². The largest absolute Gasteiger partial charge is 0.481 e. The molecule has 0 atom stereocenters. The summed E-state index contributed by atoms with van der Waals surface area (Å²) in [6.45, 7) is 1.96. The number of hydrogen-bond acceptors (Lipinski definition) is 3. The number of carboxylic acids is 1. The van der Waals surface area contributed by atoms with Gasteiger partial charge in [0, 0.05) is 19.3 Å². The molecule has 0 aliphatic heterocycles. The van der Waals surface area contributed by atoms with Gasteiger partial charge >= 0.3 is 5.97 Å². The molecule has 0 saturated carbocycles. The van der Waals surface area contributed by atoms with E-state index in [9.17, 15) is 15.0 Å². The summed E-state index contributed by atoms with van der Waals surface area (Å²) in [5.41, 5.74) is 0. The van der Waals surface area contributed by atoms with E-state index in [1.54, 1.807) is 0 Å². The van der Waals surface area contributed by atoms with Crippen LogP contribution in [0.25, 0.3) is 0 Å². The molecule has 0 saturated heterocycles. The quantitative estimate of drug-likeness (QED) is 0.335. The molecule has 0 aromatic carbocycles. The Bertz CT molecular complexity index is 239. The van der Waals surface area contributed by atoms with Crippen molar-refractivity contribution in [2.45, 2.75) is 96.2 Å². The maximum atomic E-state index is 10.3. The van der Waals surface area contributed by atoms with Crippen LogP contribution in [0.5, 0.6) is 0 Å². The fourth-order valence-electron chi connectivity index (χ4n) is 2.45. The minimum Gasteiger partial charge on any atom is -0.481 e. The first-order valence-corrected chi connectivity index (χ1v) is 8.14. The molecule has 0 fully saturated rings. The van der Waals surface area contributed by atoms with Crippen LogP contribution in [-0.4, -0.2) is 27.1 Å². The molecule has 0 amide bonds. The predicted molar refractivity (Wildman–Crippen MR) is 80.5 cm³/mol. The zero-order chi connectivity index (χ0) is 15.3. The van der Waals surface area contributed by atoms with Crippen LogP contribution in [0.2, 0.25) is 0 Å². The summed E-state index contributed by atoms with van der Waals surface area (Å²) in [5.74, 6) is -2.16. The van der Waals surface area contributed by atoms with Crippen LogP contribution in [0.3, 0.4) is 0 Å². The number of carboxylic acid groups (broad SMARTS) is 1. The van der Waals surface area contributed by atoms with Gasteiger partial charge in [-0.25, -0.2) is 0 Å². The number of hydrogen-bond donors (Lipinski definition) is 3. The first-order valence-electron chi connectivity index (χ1n) is 8.14. The maximum Gasteiger partial charge on any atom is 0.303 e. The average Bonchev–Trinajstić information content (AvgIpc) is 2.35. The van der Waals surface area contributed by atoms with Gasteiger partial charge in [-0.1, -0.05) is 58.3 Å². The van der Waals surface area contributed by atoms with E-state index in [-0.39, 0.29) is 0 Å². The van der Waals surface area contributed by atoms with E-state index in [0.717, 1.165) is 44.9 Å². The first-order chi connectivity index (χ1) is 9.48. The van der Waals surface area contributed by atoms with E-state index >= 15 is 0 Å². The highest BCUT2D eigenvalue weighted by molar-refractivity contribution is 5.66. The zero-order valence-corrected chi connectivity index (χ0v) is 12.9.